The van der Waals surface area contributed by atoms with Crippen LogP contribution >= 0.6 is 0 Å². The number of carbonyl (C=O) groups is 1. The van der Waals surface area contributed by atoms with Crippen molar-refractivity contribution in [1.29, 1.82) is 0 Å². The molecule has 2 atom stereocenters. The van der Waals surface area contributed by atoms with Crippen LogP contribution in [0.25, 0.3) is 5.70 Å². The minimum atomic E-state index is -4.74. The molecule has 2 aromatic rings. The second-order valence-corrected chi connectivity index (χ2v) is 11.3. The second-order valence-electron chi connectivity index (χ2n) is 9.87. The molecule has 0 aromatic carbocycles. The van der Waals surface area contributed by atoms with Gasteiger partial charge in [0.25, 0.3) is 5.91 Å². The Morgan fingerprint density at radius 2 is 1.98 bits per heavy atom. The van der Waals surface area contributed by atoms with Crippen molar-refractivity contribution in [3.8, 4) is 0 Å². The summed E-state index contributed by atoms with van der Waals surface area (Å²) in [6, 6.07) is 1.04. The molecule has 2 aromatic heterocycles. The summed E-state index contributed by atoms with van der Waals surface area (Å²) in [7, 11) is 0. The van der Waals surface area contributed by atoms with E-state index in [1.807, 2.05) is 0 Å². The molecule has 1 fully saturated rings. The predicted molar refractivity (Wildman–Crippen MR) is 147 cm³/mol. The van der Waals surface area contributed by atoms with E-state index in [2.05, 4.69) is 36.8 Å². The highest BCUT2D eigenvalue weighted by Gasteiger charge is 2.47. The number of alkyl halides is 3. The first-order chi connectivity index (χ1) is 18.8. The van der Waals surface area contributed by atoms with Crippen molar-refractivity contribution in [3.63, 3.8) is 0 Å². The molecule has 13 heteroatoms. The molecule has 1 aliphatic carbocycles. The largest absolute Gasteiger partial charge is 0.612 e. The van der Waals surface area contributed by atoms with Gasteiger partial charge in [-0.3, -0.25) is 14.7 Å². The van der Waals surface area contributed by atoms with Gasteiger partial charge in [-0.25, -0.2) is 20.0 Å². The van der Waals surface area contributed by atoms with Crippen molar-refractivity contribution < 1.29 is 22.5 Å². The summed E-state index contributed by atoms with van der Waals surface area (Å²) in [5.41, 5.74) is 3.21. The minimum absolute atomic E-state index is 0.00989. The lowest BCUT2D eigenvalue weighted by Gasteiger charge is -2.35. The van der Waals surface area contributed by atoms with Gasteiger partial charge in [-0.05, 0) is 69.4 Å². The predicted octanol–water partition coefficient (Wildman–Crippen LogP) is 4.44. The Hall–Kier alpha value is -3.58. The van der Waals surface area contributed by atoms with Crippen LogP contribution in [0, 0.1) is 6.92 Å². The first kappa shape index (κ1) is 29.4. The summed E-state index contributed by atoms with van der Waals surface area (Å²) in [6.45, 7) is 10.1. The molecule has 212 valence electrons. The molecule has 1 aliphatic heterocycles. The number of allylic oxidation sites excluding steroid dienone is 1. The normalized spacial score (nSPS) is 18.5. The average molecular weight is 574 g/mol. The molecule has 9 nitrogen and oxygen atoms in total. The Balaban J connectivity index is 1.75. The van der Waals surface area contributed by atoms with Crippen molar-refractivity contribution in [1.82, 2.24) is 25.2 Å². The van der Waals surface area contributed by atoms with Crippen molar-refractivity contribution >= 4 is 34.5 Å². The van der Waals surface area contributed by atoms with E-state index >= 15 is 0 Å². The molecule has 0 bridgehead atoms. The van der Waals surface area contributed by atoms with Gasteiger partial charge >= 0.3 is 6.18 Å². The number of nitrogens with one attached hydrogen (secondary N) is 1. The Bertz CT molecular complexity index is 1410. The van der Waals surface area contributed by atoms with Crippen molar-refractivity contribution in [2.45, 2.75) is 70.1 Å². The summed E-state index contributed by atoms with van der Waals surface area (Å²) < 4.78 is 53.9. The molecule has 4 rings (SSSR count). The molecule has 1 saturated carbocycles. The molecule has 1 unspecified atom stereocenters. The van der Waals surface area contributed by atoms with Gasteiger partial charge < -0.3 is 9.87 Å². The molecular weight excluding hydrogens is 543 g/mol. The number of aromatic nitrogens is 3. The highest BCUT2D eigenvalue weighted by Crippen LogP contribution is 2.42. The molecule has 2 aliphatic rings. The van der Waals surface area contributed by atoms with Crippen LogP contribution in [0.15, 0.2) is 57.4 Å². The number of carbonyl (C=O) groups excluding carboxylic acids is 1. The number of amidine groups is 2. The summed E-state index contributed by atoms with van der Waals surface area (Å²) >= 11 is -1.21. The fraction of sp³-hybridized carbons (Fsp3) is 0.407. The number of hydrogen-bond acceptors (Lipinski definition) is 8. The van der Waals surface area contributed by atoms with Gasteiger partial charge in [-0.15, -0.1) is 0 Å². The standard InChI is InChI=1S/C27H30F3N7O2S/c1-14(2)22-25(35-16(4)21-15(3)33-13-34-23(21)18-7-8-18)37(17(5)27(28,29)30)26(38)24(36-22)32-11-19-9-10-20(12-31-19)40(6)39/h9-10,12-13,17-18H,4,7-8,11H2,1-3,5-6H3,(H,32,36)/b35-25+/t17-,40?/m0/s1. The van der Waals surface area contributed by atoms with Crippen molar-refractivity contribution in [2.24, 2.45) is 9.98 Å². The van der Waals surface area contributed by atoms with E-state index in [4.69, 9.17) is 0 Å². The van der Waals surface area contributed by atoms with E-state index in [0.29, 0.717) is 32.3 Å². The molecule has 1 amide bonds. The molecular formula is C27H30F3N7O2S. The van der Waals surface area contributed by atoms with E-state index in [1.54, 1.807) is 32.9 Å². The van der Waals surface area contributed by atoms with Gasteiger partial charge in [0.15, 0.2) is 16.6 Å². The highest BCUT2D eigenvalue weighted by molar-refractivity contribution is 7.90. The lowest BCUT2D eigenvalue weighted by molar-refractivity contribution is -0.173. The van der Waals surface area contributed by atoms with Gasteiger partial charge in [0.05, 0.1) is 35.5 Å². The third-order valence-corrected chi connectivity index (χ3v) is 7.45. The fourth-order valence-corrected chi connectivity index (χ4v) is 4.62. The van der Waals surface area contributed by atoms with Gasteiger partial charge in [0.1, 0.15) is 24.3 Å². The Morgan fingerprint density at radius 3 is 2.52 bits per heavy atom. The van der Waals surface area contributed by atoms with E-state index in [9.17, 15) is 22.5 Å². The number of nitrogens with zero attached hydrogens (tertiary/aromatic N) is 6. The molecule has 0 radical (unpaired) electrons. The zero-order valence-electron chi connectivity index (χ0n) is 22.8. The molecule has 3 heterocycles. The first-order valence-corrected chi connectivity index (χ1v) is 14.1. The van der Waals surface area contributed by atoms with Gasteiger partial charge in [0, 0.05) is 11.5 Å². The second kappa shape index (κ2) is 11.5. The van der Waals surface area contributed by atoms with E-state index in [0.717, 1.165) is 25.5 Å². The maximum Gasteiger partial charge on any atom is 0.409 e. The smallest absolute Gasteiger partial charge is 0.409 e. The topological polar surface area (TPSA) is 119 Å². The van der Waals surface area contributed by atoms with E-state index in [1.165, 1.54) is 18.8 Å². The number of aryl methyl sites for hydroxylation is 1. The Morgan fingerprint density at radius 1 is 1.27 bits per heavy atom. The monoisotopic (exact) mass is 573 g/mol. The van der Waals surface area contributed by atoms with Crippen LogP contribution < -0.4 is 5.32 Å². The van der Waals surface area contributed by atoms with Gasteiger partial charge in [-0.2, -0.15) is 13.2 Å². The van der Waals surface area contributed by atoms with Crippen LogP contribution in [0.2, 0.25) is 0 Å². The highest BCUT2D eigenvalue weighted by atomic mass is 32.2. The molecule has 40 heavy (non-hydrogen) atoms. The quantitative estimate of drug-likeness (QED) is 0.490. The van der Waals surface area contributed by atoms with Gasteiger partial charge in [0.2, 0.25) is 0 Å². The third kappa shape index (κ3) is 6.25. The minimum Gasteiger partial charge on any atom is -0.612 e. The van der Waals surface area contributed by atoms with Crippen molar-refractivity contribution in [2.75, 3.05) is 6.26 Å². The molecule has 1 N–H and O–H groups in total. The fourth-order valence-electron chi connectivity index (χ4n) is 4.16. The number of aliphatic imine (C=N–C) groups is 2. The van der Waals surface area contributed by atoms with E-state index < -0.39 is 29.3 Å². The zero-order valence-corrected chi connectivity index (χ0v) is 23.7. The zero-order chi connectivity index (χ0) is 29.4. The lowest BCUT2D eigenvalue weighted by atomic mass is 10.1. The summed E-state index contributed by atoms with van der Waals surface area (Å²) in [6.07, 6.45) is 1.55. The average Bonchev–Trinajstić information content (AvgIpc) is 3.73. The Kier molecular flexibility index (Phi) is 8.45. The SMILES string of the molecule is C=C(/N=C1\C(=C(C)C)N=C(NCc2ccc([S+](C)[O-])cn2)C(=O)N1[C@@H](C)C(F)(F)F)c1c(C)ncnc1C1CC1. The number of pyridine rings is 1. The van der Waals surface area contributed by atoms with Crippen LogP contribution in [0.1, 0.15) is 62.2 Å². The van der Waals surface area contributed by atoms with Gasteiger partial charge in [-0.1, -0.05) is 6.58 Å². The number of rotatable bonds is 7. The van der Waals surface area contributed by atoms with E-state index in [-0.39, 0.29) is 35.5 Å². The number of amides is 1. The van der Waals surface area contributed by atoms with Crippen LogP contribution in [0.5, 0.6) is 0 Å². The summed E-state index contributed by atoms with van der Waals surface area (Å²) in [4.78, 5) is 36.4. The summed E-state index contributed by atoms with van der Waals surface area (Å²) in [5.74, 6) is -1.30. The number of hydrogen-bond donors (Lipinski definition) is 1. The Labute approximate surface area is 233 Å². The lowest BCUT2D eigenvalue weighted by Crippen LogP contribution is -2.57. The maximum atomic E-state index is 14.1. The summed E-state index contributed by atoms with van der Waals surface area (Å²) in [5, 5.41) is 2.83. The van der Waals surface area contributed by atoms with Crippen LogP contribution in [0.4, 0.5) is 13.2 Å². The molecule has 0 saturated heterocycles. The van der Waals surface area contributed by atoms with Crippen LogP contribution in [-0.4, -0.2) is 60.5 Å². The van der Waals surface area contributed by atoms with Crippen LogP contribution in [0.3, 0.4) is 0 Å². The first-order valence-electron chi connectivity index (χ1n) is 12.6. The maximum absolute atomic E-state index is 14.1. The number of halogens is 3. The van der Waals surface area contributed by atoms with Crippen molar-refractivity contribution in [3.05, 3.63) is 65.2 Å². The molecule has 0 spiro atoms. The third-order valence-electron chi connectivity index (χ3n) is 6.55. The van der Waals surface area contributed by atoms with Crippen LogP contribution in [-0.2, 0) is 22.5 Å².